The second kappa shape index (κ2) is 7.35. The zero-order chi connectivity index (χ0) is 14.8. The van der Waals surface area contributed by atoms with E-state index in [0.717, 1.165) is 11.0 Å². The lowest BCUT2D eigenvalue weighted by atomic mass is 10.1. The third-order valence-electron chi connectivity index (χ3n) is 2.82. The first-order valence-electron chi connectivity index (χ1n) is 6.39. The molecular weight excluding hydrogens is 356 g/mol. The molecule has 0 atom stereocenters. The molecule has 7 heteroatoms. The Bertz CT molecular complexity index is 565. The van der Waals surface area contributed by atoms with Crippen LogP contribution in [0.2, 0.25) is 0 Å². The Kier molecular flexibility index (Phi) is 6.34. The van der Waals surface area contributed by atoms with Gasteiger partial charge in [-0.15, -0.1) is 12.4 Å². The van der Waals surface area contributed by atoms with Crippen molar-refractivity contribution < 1.29 is 4.52 Å². The van der Waals surface area contributed by atoms with Crippen LogP contribution in [0.25, 0.3) is 0 Å². The molecule has 0 aliphatic rings. The fraction of sp³-hybridized carbons (Fsp3) is 0.429. The van der Waals surface area contributed by atoms with Gasteiger partial charge < -0.3 is 10.3 Å². The molecule has 5 nitrogen and oxygen atoms in total. The number of aromatic nitrogens is 2. The quantitative estimate of drug-likeness (QED) is 0.870. The molecule has 0 unspecified atom stereocenters. The van der Waals surface area contributed by atoms with Crippen LogP contribution in [0.15, 0.2) is 33.3 Å². The summed E-state index contributed by atoms with van der Waals surface area (Å²) < 4.78 is 6.31. The van der Waals surface area contributed by atoms with Gasteiger partial charge in [0.25, 0.3) is 0 Å². The van der Waals surface area contributed by atoms with Crippen LogP contribution in [0.1, 0.15) is 31.1 Å². The van der Waals surface area contributed by atoms with Crippen molar-refractivity contribution in [1.82, 2.24) is 15.0 Å². The summed E-state index contributed by atoms with van der Waals surface area (Å²) >= 11 is 3.43. The zero-order valence-corrected chi connectivity index (χ0v) is 14.7. The highest BCUT2D eigenvalue weighted by Gasteiger charge is 2.21. The van der Waals surface area contributed by atoms with Gasteiger partial charge in [-0.05, 0) is 38.6 Å². The minimum Gasteiger partial charge on any atom is -0.338 e. The summed E-state index contributed by atoms with van der Waals surface area (Å²) in [5.41, 5.74) is 6.59. The Morgan fingerprint density at radius 1 is 1.24 bits per heavy atom. The van der Waals surface area contributed by atoms with Gasteiger partial charge in [0, 0.05) is 11.0 Å². The molecule has 0 aliphatic heterocycles. The van der Waals surface area contributed by atoms with Gasteiger partial charge in [-0.25, -0.2) is 0 Å². The minimum atomic E-state index is -0.577. The molecule has 1 aromatic carbocycles. The molecule has 0 saturated carbocycles. The lowest BCUT2D eigenvalue weighted by Gasteiger charge is -2.14. The Morgan fingerprint density at radius 3 is 2.38 bits per heavy atom. The van der Waals surface area contributed by atoms with Crippen LogP contribution in [0.3, 0.4) is 0 Å². The van der Waals surface area contributed by atoms with E-state index in [1.165, 1.54) is 5.56 Å². The highest BCUT2D eigenvalue weighted by atomic mass is 79.9. The van der Waals surface area contributed by atoms with E-state index in [-0.39, 0.29) is 12.4 Å². The van der Waals surface area contributed by atoms with Crippen LogP contribution in [-0.4, -0.2) is 22.1 Å². The topological polar surface area (TPSA) is 68.2 Å². The first-order valence-corrected chi connectivity index (χ1v) is 7.19. The van der Waals surface area contributed by atoms with Gasteiger partial charge in [-0.1, -0.05) is 33.2 Å². The molecule has 2 rings (SSSR count). The second-order valence-corrected chi connectivity index (χ2v) is 6.45. The largest absolute Gasteiger partial charge is 0.338 e. The van der Waals surface area contributed by atoms with E-state index < -0.39 is 5.54 Å². The molecule has 1 aromatic heterocycles. The molecule has 0 fully saturated rings. The Balaban J connectivity index is 0.00000220. The maximum atomic E-state index is 5.94. The van der Waals surface area contributed by atoms with Crippen molar-refractivity contribution in [1.29, 1.82) is 0 Å². The van der Waals surface area contributed by atoms with Crippen molar-refractivity contribution in [2.45, 2.75) is 32.5 Å². The van der Waals surface area contributed by atoms with Gasteiger partial charge in [0.2, 0.25) is 5.89 Å². The SMILES string of the molecule is CN(Cc1ccc(Br)cc1)Cc1nc(C(C)(C)N)no1.Cl. The van der Waals surface area contributed by atoms with Gasteiger partial charge in [-0.2, -0.15) is 4.98 Å². The van der Waals surface area contributed by atoms with E-state index in [1.807, 2.05) is 33.0 Å². The summed E-state index contributed by atoms with van der Waals surface area (Å²) in [6.45, 7) is 5.12. The Morgan fingerprint density at radius 2 is 1.86 bits per heavy atom. The summed E-state index contributed by atoms with van der Waals surface area (Å²) in [5.74, 6) is 1.11. The van der Waals surface area contributed by atoms with Crippen molar-refractivity contribution in [3.63, 3.8) is 0 Å². The van der Waals surface area contributed by atoms with Gasteiger partial charge in [-0.3, -0.25) is 4.90 Å². The number of benzene rings is 1. The monoisotopic (exact) mass is 374 g/mol. The predicted octanol–water partition coefficient (Wildman–Crippen LogP) is 3.08. The molecule has 2 aromatic rings. The van der Waals surface area contributed by atoms with Gasteiger partial charge >= 0.3 is 0 Å². The lowest BCUT2D eigenvalue weighted by molar-refractivity contribution is 0.259. The smallest absolute Gasteiger partial charge is 0.240 e. The van der Waals surface area contributed by atoms with Crippen LogP contribution in [0.4, 0.5) is 0 Å². The van der Waals surface area contributed by atoms with E-state index in [4.69, 9.17) is 10.3 Å². The second-order valence-electron chi connectivity index (χ2n) is 5.53. The molecule has 1 heterocycles. The Hall–Kier alpha value is -0.950. The van der Waals surface area contributed by atoms with Crippen molar-refractivity contribution >= 4 is 28.3 Å². The third-order valence-corrected chi connectivity index (χ3v) is 3.34. The first kappa shape index (κ1) is 18.1. The van der Waals surface area contributed by atoms with Gasteiger partial charge in [0.1, 0.15) is 0 Å². The van der Waals surface area contributed by atoms with Gasteiger partial charge in [0.05, 0.1) is 12.1 Å². The molecular formula is C14H20BrClN4O. The van der Waals surface area contributed by atoms with Crippen molar-refractivity contribution in [2.75, 3.05) is 7.05 Å². The van der Waals surface area contributed by atoms with Crippen LogP contribution in [0.5, 0.6) is 0 Å². The number of nitrogens with two attached hydrogens (primary N) is 1. The van der Waals surface area contributed by atoms with Crippen LogP contribution >= 0.6 is 28.3 Å². The van der Waals surface area contributed by atoms with E-state index in [1.54, 1.807) is 0 Å². The zero-order valence-electron chi connectivity index (χ0n) is 12.3. The molecule has 116 valence electrons. The average Bonchev–Trinajstić information content (AvgIpc) is 2.80. The Labute approximate surface area is 139 Å². The van der Waals surface area contributed by atoms with Crippen molar-refractivity contribution in [3.05, 3.63) is 46.0 Å². The van der Waals surface area contributed by atoms with Gasteiger partial charge in [0.15, 0.2) is 5.82 Å². The summed E-state index contributed by atoms with van der Waals surface area (Å²) in [6, 6.07) is 8.24. The molecule has 0 amide bonds. The fourth-order valence-electron chi connectivity index (χ4n) is 1.77. The fourth-order valence-corrected chi connectivity index (χ4v) is 2.03. The van der Waals surface area contributed by atoms with Crippen LogP contribution in [-0.2, 0) is 18.6 Å². The third kappa shape index (κ3) is 5.39. The van der Waals surface area contributed by atoms with Crippen molar-refractivity contribution in [2.24, 2.45) is 5.73 Å². The highest BCUT2D eigenvalue weighted by Crippen LogP contribution is 2.15. The molecule has 21 heavy (non-hydrogen) atoms. The van der Waals surface area contributed by atoms with Crippen LogP contribution < -0.4 is 5.73 Å². The van der Waals surface area contributed by atoms with E-state index in [9.17, 15) is 0 Å². The minimum absolute atomic E-state index is 0. The van der Waals surface area contributed by atoms with E-state index in [2.05, 4.69) is 43.1 Å². The number of hydrogen-bond acceptors (Lipinski definition) is 5. The number of hydrogen-bond donors (Lipinski definition) is 1. The predicted molar refractivity (Wildman–Crippen MR) is 88.1 cm³/mol. The molecule has 0 bridgehead atoms. The van der Waals surface area contributed by atoms with E-state index >= 15 is 0 Å². The summed E-state index contributed by atoms with van der Waals surface area (Å²) in [5, 5.41) is 3.92. The highest BCUT2D eigenvalue weighted by molar-refractivity contribution is 9.10. The molecule has 0 radical (unpaired) electrons. The molecule has 2 N–H and O–H groups in total. The maximum Gasteiger partial charge on any atom is 0.240 e. The molecule has 0 spiro atoms. The number of halogens is 2. The average molecular weight is 376 g/mol. The molecule has 0 aliphatic carbocycles. The van der Waals surface area contributed by atoms with Crippen LogP contribution in [0, 0.1) is 0 Å². The lowest BCUT2D eigenvalue weighted by Crippen LogP contribution is -2.30. The molecule has 0 saturated heterocycles. The maximum absolute atomic E-state index is 5.94. The number of nitrogens with zero attached hydrogens (tertiary/aromatic N) is 3. The summed E-state index contributed by atoms with van der Waals surface area (Å²) in [7, 11) is 2.01. The summed E-state index contributed by atoms with van der Waals surface area (Å²) in [6.07, 6.45) is 0. The summed E-state index contributed by atoms with van der Waals surface area (Å²) in [4.78, 5) is 6.44. The van der Waals surface area contributed by atoms with Crippen molar-refractivity contribution in [3.8, 4) is 0 Å². The number of rotatable bonds is 5. The van der Waals surface area contributed by atoms with E-state index in [0.29, 0.717) is 18.3 Å². The standard InChI is InChI=1S/C14H19BrN4O.ClH/c1-14(2,16)13-17-12(20-18-13)9-19(3)8-10-4-6-11(15)7-5-10;/h4-7H,8-9,16H2,1-3H3;1H. The first-order chi connectivity index (χ1) is 9.34. The normalized spacial score (nSPS) is 11.5.